The van der Waals surface area contributed by atoms with Gasteiger partial charge in [-0.1, -0.05) is 115 Å². The number of furan rings is 1. The highest BCUT2D eigenvalue weighted by Crippen LogP contribution is 2.40. The summed E-state index contributed by atoms with van der Waals surface area (Å²) in [6, 6.07) is 48.4. The number of hydrogen-bond acceptors (Lipinski definition) is 5. The third kappa shape index (κ3) is 4.03. The minimum atomic E-state index is 0.556. The van der Waals surface area contributed by atoms with Gasteiger partial charge in [0, 0.05) is 33.7 Å². The first-order valence-corrected chi connectivity index (χ1v) is 15.6. The van der Waals surface area contributed by atoms with Crippen molar-refractivity contribution in [3.8, 4) is 34.2 Å². The van der Waals surface area contributed by atoms with Gasteiger partial charge < -0.3 is 4.42 Å². The van der Waals surface area contributed by atoms with Crippen molar-refractivity contribution in [3.05, 3.63) is 146 Å². The average Bonchev–Trinajstić information content (AvgIpc) is 3.53. The summed E-state index contributed by atoms with van der Waals surface area (Å²) in [5.74, 6) is 1.79. The summed E-state index contributed by atoms with van der Waals surface area (Å²) in [7, 11) is 0. The normalized spacial score (nSPS) is 11.8. The molecular formula is C42H24N4O. The van der Waals surface area contributed by atoms with Crippen LogP contribution in [-0.4, -0.2) is 19.9 Å². The molecule has 3 aromatic heterocycles. The number of nitrogens with zero attached hydrogens (tertiary/aromatic N) is 4. The van der Waals surface area contributed by atoms with Crippen molar-refractivity contribution in [3.63, 3.8) is 0 Å². The van der Waals surface area contributed by atoms with E-state index >= 15 is 0 Å². The lowest BCUT2D eigenvalue weighted by Gasteiger charge is -2.14. The molecule has 0 saturated heterocycles. The van der Waals surface area contributed by atoms with Gasteiger partial charge in [0.2, 0.25) is 5.71 Å². The van der Waals surface area contributed by atoms with E-state index in [9.17, 15) is 0 Å². The highest BCUT2D eigenvalue weighted by molar-refractivity contribution is 6.22. The largest absolute Gasteiger partial charge is 0.438 e. The van der Waals surface area contributed by atoms with Gasteiger partial charge in [0.25, 0.3) is 0 Å². The summed E-state index contributed by atoms with van der Waals surface area (Å²) in [5.41, 5.74) is 4.06. The SMILES string of the molecule is c1ccc2cc(-c3nc(-c4ccnc5oc6ccccc6c45)nc(-c4cc5ccccc5c5ccc6ccccc6c45)n3)ccc2c1. The average molecular weight is 601 g/mol. The van der Waals surface area contributed by atoms with E-state index in [1.54, 1.807) is 6.20 Å². The summed E-state index contributed by atoms with van der Waals surface area (Å²) in [4.78, 5) is 20.2. The Balaban J connectivity index is 1.33. The van der Waals surface area contributed by atoms with E-state index in [2.05, 4.69) is 120 Å². The molecule has 7 aromatic carbocycles. The molecule has 218 valence electrons. The van der Waals surface area contributed by atoms with Crippen LogP contribution in [0.15, 0.2) is 150 Å². The fraction of sp³-hybridized carbons (Fsp3) is 0. The van der Waals surface area contributed by atoms with Crippen molar-refractivity contribution in [2.24, 2.45) is 0 Å². The van der Waals surface area contributed by atoms with E-state index in [1.165, 1.54) is 16.2 Å². The number of rotatable bonds is 3. The van der Waals surface area contributed by atoms with Gasteiger partial charge in [0.05, 0.1) is 5.39 Å². The van der Waals surface area contributed by atoms with Gasteiger partial charge in [0.1, 0.15) is 5.58 Å². The Bertz CT molecular complexity index is 2870. The van der Waals surface area contributed by atoms with Crippen LogP contribution in [0.3, 0.4) is 0 Å². The molecular weight excluding hydrogens is 576 g/mol. The second-order valence-electron chi connectivity index (χ2n) is 11.9. The number of para-hydroxylation sites is 1. The van der Waals surface area contributed by atoms with Crippen molar-refractivity contribution in [1.82, 2.24) is 19.9 Å². The van der Waals surface area contributed by atoms with Crippen molar-refractivity contribution >= 4 is 65.2 Å². The molecule has 5 heteroatoms. The standard InChI is InChI=1S/C42H24N4O/c1-2-11-27-23-29(18-17-25(27)9-1)39-44-40(34-21-22-43-42-38(34)33-15-7-8-16-36(33)47-42)46-41(45-39)35-24-28-12-4-5-13-30(28)32-20-19-26-10-3-6-14-31(26)37(32)35/h1-24H. The Hall–Kier alpha value is -6.46. The molecule has 0 spiro atoms. The zero-order chi connectivity index (χ0) is 30.9. The first kappa shape index (κ1) is 25.8. The van der Waals surface area contributed by atoms with Crippen LogP contribution < -0.4 is 0 Å². The molecule has 10 aromatic rings. The van der Waals surface area contributed by atoms with Crippen molar-refractivity contribution in [2.75, 3.05) is 0 Å². The smallest absolute Gasteiger partial charge is 0.228 e. The Morgan fingerprint density at radius 1 is 0.404 bits per heavy atom. The number of pyridine rings is 1. The first-order valence-electron chi connectivity index (χ1n) is 15.6. The summed E-state index contributed by atoms with van der Waals surface area (Å²) < 4.78 is 6.16. The fourth-order valence-electron chi connectivity index (χ4n) is 6.97. The fourth-order valence-corrected chi connectivity index (χ4v) is 6.97. The zero-order valence-electron chi connectivity index (χ0n) is 25.1. The van der Waals surface area contributed by atoms with Gasteiger partial charge in [-0.3, -0.25) is 0 Å². The molecule has 0 unspecified atom stereocenters. The van der Waals surface area contributed by atoms with Crippen LogP contribution in [0.4, 0.5) is 0 Å². The highest BCUT2D eigenvalue weighted by Gasteiger charge is 2.20. The molecule has 0 amide bonds. The molecule has 0 bridgehead atoms. The van der Waals surface area contributed by atoms with E-state index in [1.807, 2.05) is 24.3 Å². The molecule has 0 aliphatic carbocycles. The van der Waals surface area contributed by atoms with Gasteiger partial charge >= 0.3 is 0 Å². The van der Waals surface area contributed by atoms with Crippen LogP contribution >= 0.6 is 0 Å². The third-order valence-electron chi connectivity index (χ3n) is 9.15. The minimum absolute atomic E-state index is 0.556. The molecule has 0 saturated carbocycles. The second-order valence-corrected chi connectivity index (χ2v) is 11.9. The van der Waals surface area contributed by atoms with E-state index in [4.69, 9.17) is 19.4 Å². The lowest BCUT2D eigenvalue weighted by atomic mass is 9.92. The summed E-state index contributed by atoms with van der Waals surface area (Å²) in [6.45, 7) is 0. The minimum Gasteiger partial charge on any atom is -0.438 e. The zero-order valence-corrected chi connectivity index (χ0v) is 25.1. The van der Waals surface area contributed by atoms with Crippen LogP contribution in [0.2, 0.25) is 0 Å². The van der Waals surface area contributed by atoms with Gasteiger partial charge in [-0.25, -0.2) is 19.9 Å². The quantitative estimate of drug-likeness (QED) is 0.189. The maximum Gasteiger partial charge on any atom is 0.228 e. The van der Waals surface area contributed by atoms with Gasteiger partial charge in [-0.05, 0) is 62.0 Å². The molecule has 3 heterocycles. The number of benzene rings is 7. The molecule has 0 N–H and O–H groups in total. The molecule has 0 aliphatic rings. The summed E-state index contributed by atoms with van der Waals surface area (Å²) in [5, 5.41) is 11.1. The van der Waals surface area contributed by atoms with Crippen LogP contribution in [0.25, 0.3) is 99.3 Å². The van der Waals surface area contributed by atoms with E-state index in [-0.39, 0.29) is 0 Å². The predicted molar refractivity (Wildman–Crippen MR) is 191 cm³/mol. The Morgan fingerprint density at radius 2 is 1.06 bits per heavy atom. The topological polar surface area (TPSA) is 64.7 Å². The number of fused-ring (bicyclic) bond motifs is 9. The molecule has 0 fully saturated rings. The molecule has 10 rings (SSSR count). The van der Waals surface area contributed by atoms with Gasteiger partial charge in [0.15, 0.2) is 17.5 Å². The number of hydrogen-bond donors (Lipinski definition) is 0. The van der Waals surface area contributed by atoms with Crippen molar-refractivity contribution < 1.29 is 4.42 Å². The van der Waals surface area contributed by atoms with Crippen LogP contribution in [0, 0.1) is 0 Å². The molecule has 0 atom stereocenters. The molecule has 47 heavy (non-hydrogen) atoms. The second kappa shape index (κ2) is 10.0. The molecule has 0 aliphatic heterocycles. The van der Waals surface area contributed by atoms with E-state index < -0.39 is 0 Å². The maximum absolute atomic E-state index is 6.16. The monoisotopic (exact) mass is 600 g/mol. The van der Waals surface area contributed by atoms with Gasteiger partial charge in [-0.2, -0.15) is 0 Å². The Labute approximate surface area is 268 Å². The highest BCUT2D eigenvalue weighted by atomic mass is 16.3. The predicted octanol–water partition coefficient (Wildman–Crippen LogP) is 10.8. The Kier molecular flexibility index (Phi) is 5.51. The third-order valence-corrected chi connectivity index (χ3v) is 9.15. The van der Waals surface area contributed by atoms with Crippen molar-refractivity contribution in [2.45, 2.75) is 0 Å². The summed E-state index contributed by atoms with van der Waals surface area (Å²) >= 11 is 0. The van der Waals surface area contributed by atoms with Crippen molar-refractivity contribution in [1.29, 1.82) is 0 Å². The number of aromatic nitrogens is 4. The molecule has 5 nitrogen and oxygen atoms in total. The summed E-state index contributed by atoms with van der Waals surface area (Å²) in [6.07, 6.45) is 1.76. The maximum atomic E-state index is 6.16. The van der Waals surface area contributed by atoms with Gasteiger partial charge in [-0.15, -0.1) is 0 Å². The van der Waals surface area contributed by atoms with E-state index in [0.717, 1.165) is 60.0 Å². The molecule has 0 radical (unpaired) electrons. The lowest BCUT2D eigenvalue weighted by Crippen LogP contribution is -2.01. The van der Waals surface area contributed by atoms with Crippen LogP contribution in [0.5, 0.6) is 0 Å². The van der Waals surface area contributed by atoms with Crippen LogP contribution in [-0.2, 0) is 0 Å². The Morgan fingerprint density at radius 3 is 1.94 bits per heavy atom. The van der Waals surface area contributed by atoms with Crippen LogP contribution in [0.1, 0.15) is 0 Å². The first-order chi connectivity index (χ1) is 23.3. The lowest BCUT2D eigenvalue weighted by molar-refractivity contribution is 0.654. The van der Waals surface area contributed by atoms with E-state index in [0.29, 0.717) is 23.2 Å².